The summed E-state index contributed by atoms with van der Waals surface area (Å²) in [7, 11) is 3.04. The Kier molecular flexibility index (Phi) is 7.08. The van der Waals surface area contributed by atoms with Crippen LogP contribution < -0.4 is 9.47 Å². The van der Waals surface area contributed by atoms with Crippen LogP contribution in [-0.4, -0.2) is 49.4 Å². The Morgan fingerprint density at radius 2 is 2.00 bits per heavy atom. The molecule has 1 aromatic rings. The van der Waals surface area contributed by atoms with Gasteiger partial charge in [0.25, 0.3) is 11.1 Å². The standard InChI is InChI=1S/C18H21NO6S/c1-4-5-8-25-16(20)11-19-17(21)15(26-18(19)22)10-12-9-13(23-2)6-7-14(12)24-3/h6-7,9-10H,4-5,8,11H2,1-3H3/b15-10+. The molecule has 1 aromatic carbocycles. The first kappa shape index (κ1) is 19.8. The number of hydrogen-bond acceptors (Lipinski definition) is 7. The molecule has 7 nitrogen and oxygen atoms in total. The van der Waals surface area contributed by atoms with Crippen LogP contribution in [0.4, 0.5) is 4.79 Å². The lowest BCUT2D eigenvalue weighted by Crippen LogP contribution is -2.34. The summed E-state index contributed by atoms with van der Waals surface area (Å²) >= 11 is 0.774. The Labute approximate surface area is 156 Å². The third-order valence-corrected chi connectivity index (χ3v) is 4.55. The molecular formula is C18H21NO6S. The van der Waals surface area contributed by atoms with E-state index in [1.165, 1.54) is 14.2 Å². The number of hydrogen-bond donors (Lipinski definition) is 0. The van der Waals surface area contributed by atoms with E-state index in [9.17, 15) is 14.4 Å². The average molecular weight is 379 g/mol. The molecule has 0 saturated carbocycles. The molecule has 1 aliphatic heterocycles. The number of amides is 2. The molecule has 2 rings (SSSR count). The Hall–Kier alpha value is -2.48. The van der Waals surface area contributed by atoms with Crippen molar-refractivity contribution >= 4 is 35.0 Å². The number of methoxy groups -OCH3 is 2. The largest absolute Gasteiger partial charge is 0.497 e. The van der Waals surface area contributed by atoms with Crippen molar-refractivity contribution in [3.05, 3.63) is 28.7 Å². The van der Waals surface area contributed by atoms with Crippen molar-refractivity contribution in [1.29, 1.82) is 0 Å². The van der Waals surface area contributed by atoms with Crippen LogP contribution in [0.3, 0.4) is 0 Å². The number of nitrogens with zero attached hydrogens (tertiary/aromatic N) is 1. The minimum Gasteiger partial charge on any atom is -0.497 e. The monoisotopic (exact) mass is 379 g/mol. The van der Waals surface area contributed by atoms with E-state index in [4.69, 9.17) is 14.2 Å². The quantitative estimate of drug-likeness (QED) is 0.390. The van der Waals surface area contributed by atoms with E-state index in [1.807, 2.05) is 6.92 Å². The average Bonchev–Trinajstić information content (AvgIpc) is 2.89. The van der Waals surface area contributed by atoms with Crippen molar-refractivity contribution in [1.82, 2.24) is 4.90 Å². The minimum atomic E-state index is -0.596. The molecule has 1 aliphatic rings. The van der Waals surface area contributed by atoms with Gasteiger partial charge in [-0.25, -0.2) is 0 Å². The molecule has 0 aliphatic carbocycles. The lowest BCUT2D eigenvalue weighted by molar-refractivity contribution is -0.146. The number of thioether (sulfide) groups is 1. The highest BCUT2D eigenvalue weighted by atomic mass is 32.2. The second kappa shape index (κ2) is 9.28. The Morgan fingerprint density at radius 1 is 1.23 bits per heavy atom. The van der Waals surface area contributed by atoms with Gasteiger partial charge in [-0.1, -0.05) is 13.3 Å². The van der Waals surface area contributed by atoms with Gasteiger partial charge in [0.15, 0.2) is 0 Å². The summed E-state index contributed by atoms with van der Waals surface area (Å²) in [6.45, 7) is 1.87. The van der Waals surface area contributed by atoms with Gasteiger partial charge in [0.05, 0.1) is 25.7 Å². The molecule has 0 bridgehead atoms. The fourth-order valence-electron chi connectivity index (χ4n) is 2.23. The molecule has 2 amide bonds. The van der Waals surface area contributed by atoms with Crippen LogP contribution in [0, 0.1) is 0 Å². The summed E-state index contributed by atoms with van der Waals surface area (Å²) in [6.07, 6.45) is 3.18. The number of carbonyl (C=O) groups excluding carboxylic acids is 3. The molecule has 140 valence electrons. The van der Waals surface area contributed by atoms with Gasteiger partial charge in [0, 0.05) is 5.56 Å². The summed E-state index contributed by atoms with van der Waals surface area (Å²) in [5, 5.41) is -0.504. The number of esters is 1. The van der Waals surface area contributed by atoms with Crippen LogP contribution >= 0.6 is 11.8 Å². The SMILES string of the molecule is CCCCOC(=O)CN1C(=O)S/C(=C/c2cc(OC)ccc2OC)C1=O. The minimum absolute atomic E-state index is 0.211. The van der Waals surface area contributed by atoms with Crippen LogP contribution in [0.2, 0.25) is 0 Å². The first-order valence-electron chi connectivity index (χ1n) is 8.13. The summed E-state index contributed by atoms with van der Waals surface area (Å²) in [4.78, 5) is 37.4. The number of benzene rings is 1. The van der Waals surface area contributed by atoms with Crippen molar-refractivity contribution in [2.75, 3.05) is 27.4 Å². The maximum atomic E-state index is 12.5. The Bertz CT molecular complexity index is 730. The molecule has 0 aromatic heterocycles. The Balaban J connectivity index is 2.15. The van der Waals surface area contributed by atoms with E-state index >= 15 is 0 Å². The number of rotatable bonds is 8. The van der Waals surface area contributed by atoms with Gasteiger partial charge in [-0.3, -0.25) is 19.3 Å². The number of ether oxygens (including phenoxy) is 3. The van der Waals surface area contributed by atoms with E-state index in [-0.39, 0.29) is 18.1 Å². The lowest BCUT2D eigenvalue weighted by Gasteiger charge is -2.11. The molecule has 1 heterocycles. The van der Waals surface area contributed by atoms with E-state index in [0.717, 1.165) is 29.5 Å². The molecule has 26 heavy (non-hydrogen) atoms. The highest BCUT2D eigenvalue weighted by molar-refractivity contribution is 8.18. The van der Waals surface area contributed by atoms with Crippen LogP contribution in [-0.2, 0) is 14.3 Å². The summed E-state index contributed by atoms with van der Waals surface area (Å²) in [5.74, 6) is 0.00521. The Morgan fingerprint density at radius 3 is 2.65 bits per heavy atom. The van der Waals surface area contributed by atoms with Crippen LogP contribution in [0.15, 0.2) is 23.1 Å². The number of imide groups is 1. The zero-order valence-corrected chi connectivity index (χ0v) is 15.8. The summed E-state index contributed by atoms with van der Waals surface area (Å²) in [6, 6.07) is 5.14. The van der Waals surface area contributed by atoms with E-state index in [1.54, 1.807) is 24.3 Å². The van der Waals surface area contributed by atoms with Gasteiger partial charge in [0.1, 0.15) is 18.0 Å². The van der Waals surface area contributed by atoms with Gasteiger partial charge in [-0.05, 0) is 42.5 Å². The van der Waals surface area contributed by atoms with Crippen molar-refractivity contribution in [3.8, 4) is 11.5 Å². The van der Waals surface area contributed by atoms with Gasteiger partial charge >= 0.3 is 5.97 Å². The molecule has 0 spiro atoms. The van der Waals surface area contributed by atoms with Gasteiger partial charge in [0.2, 0.25) is 0 Å². The summed E-state index contributed by atoms with van der Waals surface area (Å²) in [5.41, 5.74) is 0.600. The third kappa shape index (κ3) is 4.78. The lowest BCUT2D eigenvalue weighted by atomic mass is 10.1. The third-order valence-electron chi connectivity index (χ3n) is 3.65. The maximum Gasteiger partial charge on any atom is 0.326 e. The first-order chi connectivity index (χ1) is 12.5. The van der Waals surface area contributed by atoms with Gasteiger partial charge < -0.3 is 14.2 Å². The predicted molar refractivity (Wildman–Crippen MR) is 98.1 cm³/mol. The molecule has 0 radical (unpaired) electrons. The smallest absolute Gasteiger partial charge is 0.326 e. The molecule has 0 N–H and O–H groups in total. The second-order valence-electron chi connectivity index (χ2n) is 5.45. The predicted octanol–water partition coefficient (Wildman–Crippen LogP) is 3.08. The molecule has 1 fully saturated rings. The van der Waals surface area contributed by atoms with Crippen LogP contribution in [0.25, 0.3) is 6.08 Å². The number of unbranched alkanes of at least 4 members (excludes halogenated alkanes) is 1. The van der Waals surface area contributed by atoms with Crippen LogP contribution in [0.1, 0.15) is 25.3 Å². The van der Waals surface area contributed by atoms with Crippen LogP contribution in [0.5, 0.6) is 11.5 Å². The normalized spacial score (nSPS) is 15.5. The highest BCUT2D eigenvalue weighted by Crippen LogP contribution is 2.35. The zero-order chi connectivity index (χ0) is 19.1. The molecular weight excluding hydrogens is 358 g/mol. The number of carbonyl (C=O) groups is 3. The fourth-order valence-corrected chi connectivity index (χ4v) is 3.06. The van der Waals surface area contributed by atoms with E-state index in [2.05, 4.69) is 0 Å². The molecule has 0 atom stereocenters. The second-order valence-corrected chi connectivity index (χ2v) is 6.44. The van der Waals surface area contributed by atoms with Gasteiger partial charge in [-0.2, -0.15) is 0 Å². The maximum absolute atomic E-state index is 12.5. The first-order valence-corrected chi connectivity index (χ1v) is 8.94. The zero-order valence-electron chi connectivity index (χ0n) is 14.9. The van der Waals surface area contributed by atoms with Crippen molar-refractivity contribution in [2.45, 2.75) is 19.8 Å². The topological polar surface area (TPSA) is 82.1 Å². The van der Waals surface area contributed by atoms with E-state index < -0.39 is 17.1 Å². The van der Waals surface area contributed by atoms with Crippen molar-refractivity contribution in [2.24, 2.45) is 0 Å². The fraction of sp³-hybridized carbons (Fsp3) is 0.389. The van der Waals surface area contributed by atoms with Crippen molar-refractivity contribution < 1.29 is 28.6 Å². The van der Waals surface area contributed by atoms with Gasteiger partial charge in [-0.15, -0.1) is 0 Å². The molecule has 0 unspecified atom stereocenters. The highest BCUT2D eigenvalue weighted by Gasteiger charge is 2.36. The van der Waals surface area contributed by atoms with Crippen molar-refractivity contribution in [3.63, 3.8) is 0 Å². The van der Waals surface area contributed by atoms with E-state index in [0.29, 0.717) is 17.1 Å². The molecule has 8 heteroatoms. The summed E-state index contributed by atoms with van der Waals surface area (Å²) < 4.78 is 15.5. The molecule has 1 saturated heterocycles.